The fourth-order valence-electron chi connectivity index (χ4n) is 2.70. The summed E-state index contributed by atoms with van der Waals surface area (Å²) in [6.45, 7) is 1.95. The quantitative estimate of drug-likeness (QED) is 0.712. The Balaban J connectivity index is 2.06. The topological polar surface area (TPSA) is 48.0 Å². The summed E-state index contributed by atoms with van der Waals surface area (Å²) in [5.74, 6) is 1.26. The molecule has 5 heteroatoms. The van der Waals surface area contributed by atoms with E-state index in [1.165, 1.54) is 7.11 Å². The Kier molecular flexibility index (Phi) is 3.06. The number of rotatable bonds is 1. The second-order valence-electron chi connectivity index (χ2n) is 4.85. The average Bonchev–Trinajstić information content (AvgIpc) is 2.44. The Bertz CT molecular complexity index is 514. The second-order valence-corrected chi connectivity index (χ2v) is 4.85. The lowest BCUT2D eigenvalue weighted by molar-refractivity contribution is -0.147. The standard InChI is InChI=1S/C14H17NO4/c1-15-4-3-9-7-11-12(19-6-5-18-11)8-10(9)13(15)14(16)17-2/h7-8,13H,3-6H2,1-2H3. The molecule has 2 aliphatic heterocycles. The zero-order valence-corrected chi connectivity index (χ0v) is 11.1. The van der Waals surface area contributed by atoms with Crippen molar-refractivity contribution >= 4 is 5.97 Å². The van der Waals surface area contributed by atoms with Gasteiger partial charge in [-0.3, -0.25) is 4.90 Å². The smallest absolute Gasteiger partial charge is 0.327 e. The van der Waals surface area contributed by atoms with Crippen molar-refractivity contribution in [1.29, 1.82) is 0 Å². The molecule has 2 aliphatic rings. The van der Waals surface area contributed by atoms with Crippen LogP contribution in [0, 0.1) is 0 Å². The van der Waals surface area contributed by atoms with Crippen molar-refractivity contribution in [2.75, 3.05) is 33.9 Å². The van der Waals surface area contributed by atoms with Crippen molar-refractivity contribution < 1.29 is 19.0 Å². The molecule has 0 radical (unpaired) electrons. The highest BCUT2D eigenvalue weighted by Crippen LogP contribution is 2.39. The Morgan fingerprint density at radius 2 is 2.00 bits per heavy atom. The molecule has 0 fully saturated rings. The molecule has 0 amide bonds. The maximum Gasteiger partial charge on any atom is 0.327 e. The molecule has 5 nitrogen and oxygen atoms in total. The minimum atomic E-state index is -0.357. The third-order valence-corrected chi connectivity index (χ3v) is 3.70. The number of carbonyl (C=O) groups is 1. The van der Waals surface area contributed by atoms with Gasteiger partial charge in [0.1, 0.15) is 19.3 Å². The maximum absolute atomic E-state index is 12.0. The SMILES string of the molecule is COC(=O)C1c2cc3c(cc2CCN1C)OCCO3. The fourth-order valence-corrected chi connectivity index (χ4v) is 2.70. The van der Waals surface area contributed by atoms with E-state index in [-0.39, 0.29) is 12.0 Å². The zero-order chi connectivity index (χ0) is 13.4. The van der Waals surface area contributed by atoms with Crippen molar-refractivity contribution in [1.82, 2.24) is 4.90 Å². The largest absolute Gasteiger partial charge is 0.486 e. The summed E-state index contributed by atoms with van der Waals surface area (Å²) in [6, 6.07) is 3.55. The number of hydrogen-bond donors (Lipinski definition) is 0. The molecule has 0 aromatic heterocycles. The van der Waals surface area contributed by atoms with E-state index in [0.717, 1.165) is 29.8 Å². The lowest BCUT2D eigenvalue weighted by atomic mass is 9.92. The van der Waals surface area contributed by atoms with Crippen LogP contribution in [0.2, 0.25) is 0 Å². The van der Waals surface area contributed by atoms with E-state index in [2.05, 4.69) is 0 Å². The third kappa shape index (κ3) is 2.04. The van der Waals surface area contributed by atoms with Crippen LogP contribution >= 0.6 is 0 Å². The first kappa shape index (κ1) is 12.3. The molecule has 0 bridgehead atoms. The van der Waals surface area contributed by atoms with Crippen LogP contribution in [-0.4, -0.2) is 44.8 Å². The number of hydrogen-bond acceptors (Lipinski definition) is 5. The molecule has 1 aromatic carbocycles. The summed E-state index contributed by atoms with van der Waals surface area (Å²) in [6.07, 6.45) is 0.899. The van der Waals surface area contributed by atoms with E-state index >= 15 is 0 Å². The van der Waals surface area contributed by atoms with E-state index in [0.29, 0.717) is 19.0 Å². The molecule has 0 saturated carbocycles. The van der Waals surface area contributed by atoms with Crippen molar-refractivity contribution in [3.8, 4) is 11.5 Å². The van der Waals surface area contributed by atoms with Crippen molar-refractivity contribution in [3.05, 3.63) is 23.3 Å². The van der Waals surface area contributed by atoms with E-state index < -0.39 is 0 Å². The van der Waals surface area contributed by atoms with Crippen LogP contribution in [0.25, 0.3) is 0 Å². The van der Waals surface area contributed by atoms with Gasteiger partial charge in [0.2, 0.25) is 0 Å². The van der Waals surface area contributed by atoms with Crippen molar-refractivity contribution in [3.63, 3.8) is 0 Å². The Labute approximate surface area is 112 Å². The summed E-state index contributed by atoms with van der Waals surface area (Å²) in [7, 11) is 3.35. The highest BCUT2D eigenvalue weighted by atomic mass is 16.6. The average molecular weight is 263 g/mol. The molecule has 102 valence electrons. The predicted molar refractivity (Wildman–Crippen MR) is 68.5 cm³/mol. The summed E-state index contributed by atoms with van der Waals surface area (Å²) in [5, 5.41) is 0. The molecule has 2 heterocycles. The summed E-state index contributed by atoms with van der Waals surface area (Å²) in [5.41, 5.74) is 2.10. The van der Waals surface area contributed by atoms with E-state index in [1.807, 2.05) is 24.1 Å². The van der Waals surface area contributed by atoms with Gasteiger partial charge < -0.3 is 14.2 Å². The van der Waals surface area contributed by atoms with E-state index in [1.54, 1.807) is 0 Å². The van der Waals surface area contributed by atoms with Gasteiger partial charge in [-0.25, -0.2) is 4.79 Å². The number of methoxy groups -OCH3 is 1. The maximum atomic E-state index is 12.0. The molecule has 1 unspecified atom stereocenters. The minimum Gasteiger partial charge on any atom is -0.486 e. The first-order valence-corrected chi connectivity index (χ1v) is 6.41. The van der Waals surface area contributed by atoms with Crippen LogP contribution in [0.1, 0.15) is 17.2 Å². The number of ether oxygens (including phenoxy) is 3. The Morgan fingerprint density at radius 1 is 1.32 bits per heavy atom. The zero-order valence-electron chi connectivity index (χ0n) is 11.1. The molecule has 3 rings (SSSR count). The van der Waals surface area contributed by atoms with Gasteiger partial charge in [-0.05, 0) is 36.7 Å². The molecular weight excluding hydrogens is 246 g/mol. The summed E-state index contributed by atoms with van der Waals surface area (Å²) >= 11 is 0. The normalized spacial score (nSPS) is 21.7. The van der Waals surface area contributed by atoms with Crippen molar-refractivity contribution in [2.45, 2.75) is 12.5 Å². The van der Waals surface area contributed by atoms with Gasteiger partial charge in [0.15, 0.2) is 11.5 Å². The molecule has 0 aliphatic carbocycles. The van der Waals surface area contributed by atoms with Gasteiger partial charge in [0.25, 0.3) is 0 Å². The Morgan fingerprint density at radius 3 is 2.68 bits per heavy atom. The van der Waals surface area contributed by atoms with Crippen LogP contribution in [-0.2, 0) is 16.0 Å². The number of nitrogens with zero attached hydrogens (tertiary/aromatic N) is 1. The number of carbonyl (C=O) groups excluding carboxylic acids is 1. The lowest BCUT2D eigenvalue weighted by Gasteiger charge is -2.33. The van der Waals surface area contributed by atoms with E-state index in [9.17, 15) is 4.79 Å². The van der Waals surface area contributed by atoms with Crippen LogP contribution in [0.3, 0.4) is 0 Å². The molecule has 0 saturated heterocycles. The minimum absolute atomic E-state index is 0.236. The first-order valence-electron chi connectivity index (χ1n) is 6.41. The first-order chi connectivity index (χ1) is 9.20. The molecule has 0 N–H and O–H groups in total. The highest BCUT2D eigenvalue weighted by molar-refractivity contribution is 5.79. The molecule has 1 aromatic rings. The van der Waals surface area contributed by atoms with Crippen LogP contribution in [0.4, 0.5) is 0 Å². The number of benzene rings is 1. The third-order valence-electron chi connectivity index (χ3n) is 3.70. The molecule has 1 atom stereocenters. The van der Waals surface area contributed by atoms with Gasteiger partial charge in [0, 0.05) is 6.54 Å². The molecular formula is C14H17NO4. The predicted octanol–water partition coefficient (Wildman–Crippen LogP) is 1.16. The van der Waals surface area contributed by atoms with Crippen LogP contribution < -0.4 is 9.47 Å². The van der Waals surface area contributed by atoms with Gasteiger partial charge in [0.05, 0.1) is 7.11 Å². The summed E-state index contributed by atoms with van der Waals surface area (Å²) in [4.78, 5) is 14.0. The number of fused-ring (bicyclic) bond motifs is 2. The molecule has 19 heavy (non-hydrogen) atoms. The lowest BCUT2D eigenvalue weighted by Crippen LogP contribution is -2.37. The second kappa shape index (κ2) is 4.74. The fraction of sp³-hybridized carbons (Fsp3) is 0.500. The number of esters is 1. The van der Waals surface area contributed by atoms with Gasteiger partial charge in [-0.1, -0.05) is 0 Å². The van der Waals surface area contributed by atoms with Crippen LogP contribution in [0.5, 0.6) is 11.5 Å². The van der Waals surface area contributed by atoms with Crippen molar-refractivity contribution in [2.24, 2.45) is 0 Å². The van der Waals surface area contributed by atoms with Gasteiger partial charge >= 0.3 is 5.97 Å². The molecule has 0 spiro atoms. The van der Waals surface area contributed by atoms with Gasteiger partial charge in [-0.15, -0.1) is 0 Å². The highest BCUT2D eigenvalue weighted by Gasteiger charge is 2.33. The summed E-state index contributed by atoms with van der Waals surface area (Å²) < 4.78 is 16.1. The number of likely N-dealkylation sites (N-methyl/N-ethyl adjacent to an activating group) is 1. The van der Waals surface area contributed by atoms with Gasteiger partial charge in [-0.2, -0.15) is 0 Å². The van der Waals surface area contributed by atoms with E-state index in [4.69, 9.17) is 14.2 Å². The Hall–Kier alpha value is -1.75. The monoisotopic (exact) mass is 263 g/mol. The van der Waals surface area contributed by atoms with Crippen LogP contribution in [0.15, 0.2) is 12.1 Å².